The second-order valence-corrected chi connectivity index (χ2v) is 2.63. The van der Waals surface area contributed by atoms with Crippen LogP contribution in [0.1, 0.15) is 11.3 Å². The summed E-state index contributed by atoms with van der Waals surface area (Å²) in [5.41, 5.74) is 6.47. The zero-order chi connectivity index (χ0) is 8.43. The molecule has 0 aliphatic carbocycles. The van der Waals surface area contributed by atoms with Crippen LogP contribution in [0, 0.1) is 6.92 Å². The van der Waals surface area contributed by atoms with E-state index in [0.29, 0.717) is 11.3 Å². The molecule has 0 spiro atoms. The monoisotopic (exact) mass is 168 g/mol. The van der Waals surface area contributed by atoms with Crippen LogP contribution in [0.2, 0.25) is 0 Å². The van der Waals surface area contributed by atoms with Crippen LogP contribution < -0.4 is 5.73 Å². The summed E-state index contributed by atoms with van der Waals surface area (Å²) >= 11 is 4.69. The van der Waals surface area contributed by atoms with Gasteiger partial charge in [-0.25, -0.2) is 0 Å². The summed E-state index contributed by atoms with van der Waals surface area (Å²) in [5, 5.41) is 9.17. The molecule has 0 aromatic carbocycles. The summed E-state index contributed by atoms with van der Waals surface area (Å²) in [6.07, 6.45) is 1.54. The molecule has 4 heteroatoms. The van der Waals surface area contributed by atoms with Gasteiger partial charge in [0.1, 0.15) is 10.7 Å². The highest BCUT2D eigenvalue weighted by Gasteiger charge is 2.00. The van der Waals surface area contributed by atoms with E-state index in [2.05, 4.69) is 4.98 Å². The minimum atomic E-state index is 0.121. The fourth-order valence-corrected chi connectivity index (χ4v) is 0.768. The minimum Gasteiger partial charge on any atom is -0.506 e. The van der Waals surface area contributed by atoms with Gasteiger partial charge in [-0.05, 0) is 13.0 Å². The van der Waals surface area contributed by atoms with Crippen molar-refractivity contribution in [1.82, 2.24) is 4.98 Å². The zero-order valence-corrected chi connectivity index (χ0v) is 6.85. The quantitative estimate of drug-likeness (QED) is 0.607. The summed E-state index contributed by atoms with van der Waals surface area (Å²) in [4.78, 5) is 4.13. The Balaban J connectivity index is 3.15. The SMILES string of the molecule is Cc1ncc(C(N)=S)cc1O. The van der Waals surface area contributed by atoms with Crippen LogP contribution in [-0.2, 0) is 0 Å². The number of hydrogen-bond donors (Lipinski definition) is 2. The molecule has 0 saturated heterocycles. The summed E-state index contributed by atoms with van der Waals surface area (Å²) in [7, 11) is 0. The van der Waals surface area contributed by atoms with Crippen molar-refractivity contribution in [3.05, 3.63) is 23.5 Å². The number of aryl methyl sites for hydroxylation is 1. The van der Waals surface area contributed by atoms with Crippen molar-refractivity contribution in [1.29, 1.82) is 0 Å². The van der Waals surface area contributed by atoms with Crippen LogP contribution in [0.4, 0.5) is 0 Å². The molecule has 0 amide bonds. The molecule has 3 N–H and O–H groups in total. The number of hydrogen-bond acceptors (Lipinski definition) is 3. The van der Waals surface area contributed by atoms with Crippen LogP contribution in [-0.4, -0.2) is 15.1 Å². The molecule has 0 saturated carbocycles. The van der Waals surface area contributed by atoms with Gasteiger partial charge in [-0.1, -0.05) is 12.2 Å². The fraction of sp³-hybridized carbons (Fsp3) is 0.143. The van der Waals surface area contributed by atoms with E-state index in [1.54, 1.807) is 6.92 Å². The molecule has 0 bridgehead atoms. The normalized spacial score (nSPS) is 9.55. The average molecular weight is 168 g/mol. The molecule has 1 aromatic heterocycles. The Hall–Kier alpha value is -1.16. The van der Waals surface area contributed by atoms with Gasteiger partial charge in [0.25, 0.3) is 0 Å². The Labute approximate surface area is 69.9 Å². The molecule has 1 aromatic rings. The molecule has 0 aliphatic rings. The number of rotatable bonds is 1. The van der Waals surface area contributed by atoms with E-state index in [-0.39, 0.29) is 10.7 Å². The lowest BCUT2D eigenvalue weighted by Gasteiger charge is -2.00. The van der Waals surface area contributed by atoms with Gasteiger partial charge < -0.3 is 10.8 Å². The van der Waals surface area contributed by atoms with Gasteiger partial charge in [0.05, 0.1) is 5.69 Å². The zero-order valence-electron chi connectivity index (χ0n) is 6.03. The Morgan fingerprint density at radius 2 is 2.36 bits per heavy atom. The van der Waals surface area contributed by atoms with Gasteiger partial charge in [-0.2, -0.15) is 0 Å². The molecule has 0 aliphatic heterocycles. The Kier molecular flexibility index (Phi) is 2.05. The summed E-state index contributed by atoms with van der Waals surface area (Å²) in [6, 6.07) is 1.50. The van der Waals surface area contributed by atoms with Crippen molar-refractivity contribution in [2.75, 3.05) is 0 Å². The lowest BCUT2D eigenvalue weighted by atomic mass is 10.2. The van der Waals surface area contributed by atoms with Crippen molar-refractivity contribution in [2.45, 2.75) is 6.92 Å². The lowest BCUT2D eigenvalue weighted by Crippen LogP contribution is -2.09. The van der Waals surface area contributed by atoms with E-state index >= 15 is 0 Å². The molecule has 1 rings (SSSR count). The van der Waals surface area contributed by atoms with Crippen LogP contribution >= 0.6 is 12.2 Å². The van der Waals surface area contributed by atoms with Crippen LogP contribution in [0.25, 0.3) is 0 Å². The maximum absolute atomic E-state index is 9.17. The number of pyridine rings is 1. The first-order valence-corrected chi connectivity index (χ1v) is 3.47. The summed E-state index contributed by atoms with van der Waals surface area (Å²) in [5.74, 6) is 0.121. The van der Waals surface area contributed by atoms with Crippen molar-refractivity contribution in [3.63, 3.8) is 0 Å². The van der Waals surface area contributed by atoms with Crippen LogP contribution in [0.15, 0.2) is 12.3 Å². The van der Waals surface area contributed by atoms with Gasteiger partial charge in [0.15, 0.2) is 0 Å². The van der Waals surface area contributed by atoms with E-state index in [9.17, 15) is 5.11 Å². The Morgan fingerprint density at radius 3 is 2.82 bits per heavy atom. The van der Waals surface area contributed by atoms with Crippen molar-refractivity contribution < 1.29 is 5.11 Å². The van der Waals surface area contributed by atoms with Gasteiger partial charge in [-0.15, -0.1) is 0 Å². The topological polar surface area (TPSA) is 59.1 Å². The molecule has 0 atom stereocenters. The predicted octanol–water partition coefficient (Wildman–Crippen LogP) is 0.730. The number of nitrogens with zero attached hydrogens (tertiary/aromatic N) is 1. The maximum Gasteiger partial charge on any atom is 0.137 e. The van der Waals surface area contributed by atoms with E-state index in [1.807, 2.05) is 0 Å². The number of nitrogens with two attached hydrogens (primary N) is 1. The summed E-state index contributed by atoms with van der Waals surface area (Å²) < 4.78 is 0. The molecular weight excluding hydrogens is 160 g/mol. The predicted molar refractivity (Wildman–Crippen MR) is 46.5 cm³/mol. The second-order valence-electron chi connectivity index (χ2n) is 2.19. The molecule has 0 unspecified atom stereocenters. The highest BCUT2D eigenvalue weighted by Crippen LogP contribution is 2.13. The number of aromatic nitrogens is 1. The van der Waals surface area contributed by atoms with Crippen molar-refractivity contribution in [2.24, 2.45) is 5.73 Å². The largest absolute Gasteiger partial charge is 0.506 e. The second kappa shape index (κ2) is 2.84. The van der Waals surface area contributed by atoms with Crippen LogP contribution in [0.5, 0.6) is 5.75 Å². The fourth-order valence-electron chi connectivity index (χ4n) is 0.656. The maximum atomic E-state index is 9.17. The molecule has 1 heterocycles. The molecule has 0 radical (unpaired) electrons. The average Bonchev–Trinajstić information content (AvgIpc) is 1.94. The molecule has 0 fully saturated rings. The lowest BCUT2D eigenvalue weighted by molar-refractivity contribution is 0.467. The van der Waals surface area contributed by atoms with E-state index in [4.69, 9.17) is 18.0 Å². The molecule has 11 heavy (non-hydrogen) atoms. The first-order chi connectivity index (χ1) is 5.11. The van der Waals surface area contributed by atoms with Gasteiger partial charge in [0.2, 0.25) is 0 Å². The highest BCUT2D eigenvalue weighted by atomic mass is 32.1. The van der Waals surface area contributed by atoms with Gasteiger partial charge in [0, 0.05) is 11.8 Å². The minimum absolute atomic E-state index is 0.121. The van der Waals surface area contributed by atoms with Crippen molar-refractivity contribution in [3.8, 4) is 5.75 Å². The summed E-state index contributed by atoms with van der Waals surface area (Å²) in [6.45, 7) is 1.71. The third kappa shape index (κ3) is 1.65. The number of aromatic hydroxyl groups is 1. The molecular formula is C7H8N2OS. The van der Waals surface area contributed by atoms with E-state index < -0.39 is 0 Å². The standard InChI is InChI=1S/C7H8N2OS/c1-4-6(10)2-5(3-9-4)7(8)11/h2-3,10H,1H3,(H2,8,11). The van der Waals surface area contributed by atoms with E-state index in [1.165, 1.54) is 12.3 Å². The van der Waals surface area contributed by atoms with E-state index in [0.717, 1.165) is 0 Å². The first-order valence-electron chi connectivity index (χ1n) is 3.06. The first kappa shape index (κ1) is 7.94. The Bertz CT molecular complexity index is 298. The van der Waals surface area contributed by atoms with Gasteiger partial charge in [-0.3, -0.25) is 4.98 Å². The number of thiocarbonyl (C=S) groups is 1. The highest BCUT2D eigenvalue weighted by molar-refractivity contribution is 7.80. The van der Waals surface area contributed by atoms with Gasteiger partial charge >= 0.3 is 0 Å². The molecule has 3 nitrogen and oxygen atoms in total. The van der Waals surface area contributed by atoms with Crippen molar-refractivity contribution >= 4 is 17.2 Å². The Morgan fingerprint density at radius 1 is 1.73 bits per heavy atom. The smallest absolute Gasteiger partial charge is 0.137 e. The molecule has 58 valence electrons. The van der Waals surface area contributed by atoms with Crippen LogP contribution in [0.3, 0.4) is 0 Å². The third-order valence-electron chi connectivity index (χ3n) is 1.34. The third-order valence-corrected chi connectivity index (χ3v) is 1.58.